The number of aromatic hydroxyl groups is 1. The quantitative estimate of drug-likeness (QED) is 0.734. The van der Waals surface area contributed by atoms with E-state index in [-0.39, 0.29) is 0 Å². The Morgan fingerprint density at radius 2 is 1.87 bits per heavy atom. The molecule has 1 aromatic carbocycles. The fourth-order valence-electron chi connectivity index (χ4n) is 3.11. The van der Waals surface area contributed by atoms with Crippen molar-refractivity contribution in [2.75, 3.05) is 0 Å². The lowest BCUT2D eigenvalue weighted by atomic mass is 9.86. The third kappa shape index (κ3) is 1.74. The van der Waals surface area contributed by atoms with Crippen molar-refractivity contribution in [1.82, 2.24) is 5.32 Å². The summed E-state index contributed by atoms with van der Waals surface area (Å²) in [5.74, 6) is 1.05. The summed E-state index contributed by atoms with van der Waals surface area (Å²) >= 11 is 0. The fraction of sp³-hybridized carbons (Fsp3) is 0.538. The van der Waals surface area contributed by atoms with E-state index in [4.69, 9.17) is 0 Å². The lowest BCUT2D eigenvalue weighted by Gasteiger charge is -2.29. The highest BCUT2D eigenvalue weighted by Gasteiger charge is 2.33. The van der Waals surface area contributed by atoms with Crippen LogP contribution in [0.2, 0.25) is 0 Å². The molecule has 0 aliphatic carbocycles. The molecule has 0 spiro atoms. The maximum atomic E-state index is 9.48. The zero-order chi connectivity index (χ0) is 10.3. The Kier molecular flexibility index (Phi) is 2.17. The van der Waals surface area contributed by atoms with Crippen LogP contribution in [-0.2, 0) is 0 Å². The molecule has 2 saturated heterocycles. The molecule has 2 aliphatic rings. The van der Waals surface area contributed by atoms with Gasteiger partial charge < -0.3 is 10.4 Å². The molecule has 3 atom stereocenters. The Morgan fingerprint density at radius 1 is 1.13 bits per heavy atom. The van der Waals surface area contributed by atoms with Crippen molar-refractivity contribution in [3.8, 4) is 5.75 Å². The van der Waals surface area contributed by atoms with Gasteiger partial charge in [-0.05, 0) is 49.3 Å². The van der Waals surface area contributed by atoms with E-state index in [1.807, 2.05) is 12.1 Å². The van der Waals surface area contributed by atoms with Gasteiger partial charge in [-0.15, -0.1) is 0 Å². The van der Waals surface area contributed by atoms with Gasteiger partial charge in [-0.1, -0.05) is 12.1 Å². The van der Waals surface area contributed by atoms with Gasteiger partial charge in [-0.2, -0.15) is 0 Å². The van der Waals surface area contributed by atoms with E-state index in [2.05, 4.69) is 11.4 Å². The second-order valence-corrected chi connectivity index (χ2v) is 4.90. The van der Waals surface area contributed by atoms with E-state index >= 15 is 0 Å². The monoisotopic (exact) mass is 203 g/mol. The predicted octanol–water partition coefficient (Wildman–Crippen LogP) is 2.39. The number of phenols is 1. The first kappa shape index (κ1) is 9.22. The predicted molar refractivity (Wildman–Crippen MR) is 60.0 cm³/mol. The summed E-state index contributed by atoms with van der Waals surface area (Å²) in [6.07, 6.45) is 5.14. The van der Waals surface area contributed by atoms with Crippen molar-refractivity contribution in [3.63, 3.8) is 0 Å². The Balaban J connectivity index is 1.83. The molecule has 2 heterocycles. The smallest absolute Gasteiger partial charge is 0.115 e. The topological polar surface area (TPSA) is 32.3 Å². The number of phenolic OH excluding ortho intramolecular Hbond substituents is 1. The molecule has 1 aromatic rings. The van der Waals surface area contributed by atoms with Gasteiger partial charge in [-0.3, -0.25) is 0 Å². The van der Waals surface area contributed by atoms with Crippen LogP contribution in [0.1, 0.15) is 37.2 Å². The van der Waals surface area contributed by atoms with Crippen molar-refractivity contribution in [2.24, 2.45) is 0 Å². The Morgan fingerprint density at radius 3 is 2.53 bits per heavy atom. The molecule has 2 nitrogen and oxygen atoms in total. The molecule has 2 fully saturated rings. The normalized spacial score (nSPS) is 34.3. The van der Waals surface area contributed by atoms with Gasteiger partial charge in [0.1, 0.15) is 5.75 Å². The second-order valence-electron chi connectivity index (χ2n) is 4.90. The first-order chi connectivity index (χ1) is 7.31. The molecule has 0 radical (unpaired) electrons. The van der Waals surface area contributed by atoms with Gasteiger partial charge in [0, 0.05) is 12.1 Å². The van der Waals surface area contributed by atoms with Crippen molar-refractivity contribution >= 4 is 0 Å². The van der Waals surface area contributed by atoms with Crippen LogP contribution in [0.25, 0.3) is 0 Å². The Bertz CT molecular complexity index is 351. The molecule has 0 unspecified atom stereocenters. The summed E-state index contributed by atoms with van der Waals surface area (Å²) in [5, 5.41) is 13.1. The van der Waals surface area contributed by atoms with Crippen molar-refractivity contribution in [3.05, 3.63) is 29.8 Å². The zero-order valence-electron chi connectivity index (χ0n) is 8.82. The molecule has 0 aromatic heterocycles. The average Bonchev–Trinajstić information content (AvgIpc) is 2.58. The SMILES string of the molecule is Oc1cccc([C@H]2C[C@H]3CC[C@@H](C2)N3)c1. The molecule has 0 amide bonds. The van der Waals surface area contributed by atoms with E-state index in [0.717, 1.165) is 12.1 Å². The van der Waals surface area contributed by atoms with Crippen molar-refractivity contribution < 1.29 is 5.11 Å². The highest BCUT2D eigenvalue weighted by Crippen LogP contribution is 2.37. The maximum Gasteiger partial charge on any atom is 0.115 e. The number of benzene rings is 1. The summed E-state index contributed by atoms with van der Waals surface area (Å²) in [7, 11) is 0. The summed E-state index contributed by atoms with van der Waals surface area (Å²) in [4.78, 5) is 0. The van der Waals surface area contributed by atoms with Crippen LogP contribution in [0.3, 0.4) is 0 Å². The molecule has 15 heavy (non-hydrogen) atoms. The summed E-state index contributed by atoms with van der Waals surface area (Å²) < 4.78 is 0. The Labute approximate surface area is 90.3 Å². The van der Waals surface area contributed by atoms with Gasteiger partial charge in [0.25, 0.3) is 0 Å². The number of fused-ring (bicyclic) bond motifs is 2. The number of nitrogens with one attached hydrogen (secondary N) is 1. The lowest BCUT2D eigenvalue weighted by Crippen LogP contribution is -2.37. The van der Waals surface area contributed by atoms with Gasteiger partial charge >= 0.3 is 0 Å². The van der Waals surface area contributed by atoms with Crippen LogP contribution in [0, 0.1) is 0 Å². The number of piperidine rings is 1. The third-order valence-corrected chi connectivity index (χ3v) is 3.81. The molecule has 2 N–H and O–H groups in total. The van der Waals surface area contributed by atoms with Crippen LogP contribution < -0.4 is 5.32 Å². The first-order valence-corrected chi connectivity index (χ1v) is 5.86. The largest absolute Gasteiger partial charge is 0.508 e. The van der Waals surface area contributed by atoms with E-state index < -0.39 is 0 Å². The fourth-order valence-corrected chi connectivity index (χ4v) is 3.11. The van der Waals surface area contributed by atoms with Gasteiger partial charge in [0.05, 0.1) is 0 Å². The lowest BCUT2D eigenvalue weighted by molar-refractivity contribution is 0.362. The van der Waals surface area contributed by atoms with E-state index in [9.17, 15) is 5.11 Å². The molecule has 80 valence electrons. The molecule has 3 rings (SSSR count). The molecule has 2 aliphatic heterocycles. The first-order valence-electron chi connectivity index (χ1n) is 5.86. The third-order valence-electron chi connectivity index (χ3n) is 3.81. The van der Waals surface area contributed by atoms with Gasteiger partial charge in [-0.25, -0.2) is 0 Å². The van der Waals surface area contributed by atoms with Gasteiger partial charge in [0.2, 0.25) is 0 Å². The standard InChI is InChI=1S/C13H17NO/c15-13-3-1-2-9(8-13)10-6-11-4-5-12(7-10)14-11/h1-3,8,10-12,14-15H,4-7H2/t10-,11+,12-. The number of rotatable bonds is 1. The number of hydrogen-bond acceptors (Lipinski definition) is 2. The summed E-state index contributed by atoms with van der Waals surface area (Å²) in [6.45, 7) is 0. The minimum absolute atomic E-state index is 0.401. The van der Waals surface area contributed by atoms with E-state index in [1.165, 1.54) is 31.2 Å². The highest BCUT2D eigenvalue weighted by atomic mass is 16.3. The maximum absolute atomic E-state index is 9.48. The van der Waals surface area contributed by atoms with Crippen LogP contribution in [0.15, 0.2) is 24.3 Å². The van der Waals surface area contributed by atoms with Crippen LogP contribution in [-0.4, -0.2) is 17.2 Å². The minimum atomic E-state index is 0.401. The molecule has 2 bridgehead atoms. The van der Waals surface area contributed by atoms with Crippen molar-refractivity contribution in [1.29, 1.82) is 0 Å². The molecule has 2 heteroatoms. The minimum Gasteiger partial charge on any atom is -0.508 e. The van der Waals surface area contributed by atoms with Crippen molar-refractivity contribution in [2.45, 2.75) is 43.7 Å². The van der Waals surface area contributed by atoms with Gasteiger partial charge in [0.15, 0.2) is 0 Å². The van der Waals surface area contributed by atoms with E-state index in [0.29, 0.717) is 11.7 Å². The Hall–Kier alpha value is -1.02. The molecular weight excluding hydrogens is 186 g/mol. The second kappa shape index (κ2) is 3.53. The van der Waals surface area contributed by atoms with Crippen LogP contribution >= 0.6 is 0 Å². The van der Waals surface area contributed by atoms with Crippen LogP contribution in [0.4, 0.5) is 0 Å². The highest BCUT2D eigenvalue weighted by molar-refractivity contribution is 5.30. The summed E-state index contributed by atoms with van der Waals surface area (Å²) in [5.41, 5.74) is 1.31. The van der Waals surface area contributed by atoms with E-state index in [1.54, 1.807) is 6.07 Å². The molecule has 0 saturated carbocycles. The zero-order valence-corrected chi connectivity index (χ0v) is 8.82. The van der Waals surface area contributed by atoms with Crippen LogP contribution in [0.5, 0.6) is 5.75 Å². The molecular formula is C13H17NO. The number of hydrogen-bond donors (Lipinski definition) is 2. The average molecular weight is 203 g/mol. The summed E-state index contributed by atoms with van der Waals surface area (Å²) in [6, 6.07) is 9.21.